The zero-order valence-electron chi connectivity index (χ0n) is 11.7. The molecule has 2 fully saturated rings. The van der Waals surface area contributed by atoms with E-state index in [1.54, 1.807) is 12.1 Å². The summed E-state index contributed by atoms with van der Waals surface area (Å²) in [5.41, 5.74) is 6.59. The first-order valence-electron chi connectivity index (χ1n) is 7.31. The molecule has 1 amide bonds. The van der Waals surface area contributed by atoms with Crippen LogP contribution in [0, 0.1) is 5.92 Å². The van der Waals surface area contributed by atoms with Gasteiger partial charge in [-0.1, -0.05) is 23.2 Å². The van der Waals surface area contributed by atoms with E-state index in [1.807, 2.05) is 0 Å². The molecule has 1 aromatic carbocycles. The van der Waals surface area contributed by atoms with E-state index in [1.165, 1.54) is 25.7 Å². The van der Waals surface area contributed by atoms with Crippen LogP contribution in [0.2, 0.25) is 10.0 Å². The van der Waals surface area contributed by atoms with Gasteiger partial charge in [-0.15, -0.1) is 0 Å². The minimum atomic E-state index is -0.0730. The molecule has 2 aliphatic rings. The summed E-state index contributed by atoms with van der Waals surface area (Å²) < 4.78 is 0. The lowest BCUT2D eigenvalue weighted by Gasteiger charge is -2.21. The van der Waals surface area contributed by atoms with Crippen LogP contribution in [-0.2, 0) is 4.79 Å². The number of anilines is 2. The van der Waals surface area contributed by atoms with Crippen molar-refractivity contribution in [3.63, 3.8) is 0 Å². The monoisotopic (exact) mass is 327 g/mol. The highest BCUT2D eigenvalue weighted by Gasteiger charge is 2.34. The van der Waals surface area contributed by atoms with Crippen molar-refractivity contribution in [2.75, 3.05) is 24.1 Å². The van der Waals surface area contributed by atoms with Gasteiger partial charge in [0.25, 0.3) is 0 Å². The highest BCUT2D eigenvalue weighted by atomic mass is 35.5. The number of nitrogens with one attached hydrogen (secondary N) is 1. The number of carbonyl (C=O) groups excluding carboxylic acids is 1. The van der Waals surface area contributed by atoms with Crippen molar-refractivity contribution in [1.29, 1.82) is 0 Å². The zero-order valence-corrected chi connectivity index (χ0v) is 13.3. The lowest BCUT2D eigenvalue weighted by Crippen LogP contribution is -2.36. The second-order valence-corrected chi connectivity index (χ2v) is 6.83. The lowest BCUT2D eigenvalue weighted by molar-refractivity contribution is -0.117. The minimum absolute atomic E-state index is 0.0730. The fourth-order valence-electron chi connectivity index (χ4n) is 2.49. The molecule has 0 aliphatic heterocycles. The maximum Gasteiger partial charge on any atom is 0.238 e. The topological polar surface area (TPSA) is 58.4 Å². The van der Waals surface area contributed by atoms with Crippen LogP contribution < -0.4 is 11.1 Å². The van der Waals surface area contributed by atoms with Crippen molar-refractivity contribution in [3.8, 4) is 0 Å². The molecule has 0 radical (unpaired) electrons. The van der Waals surface area contributed by atoms with E-state index in [0.717, 1.165) is 12.5 Å². The quantitative estimate of drug-likeness (QED) is 0.787. The Labute approximate surface area is 134 Å². The van der Waals surface area contributed by atoms with Crippen molar-refractivity contribution >= 4 is 40.5 Å². The fraction of sp³-hybridized carbons (Fsp3) is 0.533. The first-order chi connectivity index (χ1) is 10.0. The first kappa shape index (κ1) is 14.9. The maximum atomic E-state index is 12.2. The van der Waals surface area contributed by atoms with Crippen LogP contribution in [0.15, 0.2) is 12.1 Å². The smallest absolute Gasteiger partial charge is 0.238 e. The van der Waals surface area contributed by atoms with E-state index in [2.05, 4.69) is 10.2 Å². The van der Waals surface area contributed by atoms with Crippen LogP contribution in [0.3, 0.4) is 0 Å². The van der Waals surface area contributed by atoms with E-state index >= 15 is 0 Å². The number of hydrogen-bond acceptors (Lipinski definition) is 3. The van der Waals surface area contributed by atoms with Gasteiger partial charge in [0.1, 0.15) is 0 Å². The van der Waals surface area contributed by atoms with Crippen molar-refractivity contribution in [2.45, 2.75) is 31.7 Å². The Morgan fingerprint density at radius 2 is 1.86 bits per heavy atom. The summed E-state index contributed by atoms with van der Waals surface area (Å²) in [6.45, 7) is 1.43. The van der Waals surface area contributed by atoms with Crippen LogP contribution in [0.1, 0.15) is 25.7 Å². The molecular weight excluding hydrogens is 309 g/mol. The number of amides is 1. The van der Waals surface area contributed by atoms with Crippen LogP contribution in [0.25, 0.3) is 0 Å². The first-order valence-corrected chi connectivity index (χ1v) is 8.07. The van der Waals surface area contributed by atoms with Gasteiger partial charge in [0.15, 0.2) is 0 Å². The number of nitrogens with two attached hydrogens (primary N) is 1. The molecule has 0 heterocycles. The van der Waals surface area contributed by atoms with Crippen LogP contribution in [0.5, 0.6) is 0 Å². The average Bonchev–Trinajstić information content (AvgIpc) is 3.24. The van der Waals surface area contributed by atoms with Crippen LogP contribution in [-0.4, -0.2) is 29.9 Å². The molecule has 114 valence electrons. The van der Waals surface area contributed by atoms with E-state index < -0.39 is 0 Å². The second kappa shape index (κ2) is 6.03. The summed E-state index contributed by atoms with van der Waals surface area (Å²) in [7, 11) is 0. The van der Waals surface area contributed by atoms with E-state index in [9.17, 15) is 4.79 Å². The summed E-state index contributed by atoms with van der Waals surface area (Å²) in [6.07, 6.45) is 4.98. The van der Waals surface area contributed by atoms with Gasteiger partial charge in [-0.05, 0) is 43.7 Å². The number of halogens is 2. The Hall–Kier alpha value is -0.970. The minimum Gasteiger partial charge on any atom is -0.399 e. The molecule has 3 N–H and O–H groups in total. The van der Waals surface area contributed by atoms with Crippen molar-refractivity contribution in [2.24, 2.45) is 5.92 Å². The third-order valence-electron chi connectivity index (χ3n) is 3.93. The highest BCUT2D eigenvalue weighted by molar-refractivity contribution is 6.40. The number of hydrogen-bond donors (Lipinski definition) is 2. The van der Waals surface area contributed by atoms with Crippen molar-refractivity contribution in [1.82, 2.24) is 4.90 Å². The maximum absolute atomic E-state index is 12.2. The number of carbonyl (C=O) groups is 1. The summed E-state index contributed by atoms with van der Waals surface area (Å²) in [5, 5.41) is 3.55. The van der Waals surface area contributed by atoms with E-state index in [0.29, 0.717) is 34.0 Å². The summed E-state index contributed by atoms with van der Waals surface area (Å²) in [5.74, 6) is 0.707. The number of benzene rings is 1. The average molecular weight is 328 g/mol. The largest absolute Gasteiger partial charge is 0.399 e. The fourth-order valence-corrected chi connectivity index (χ4v) is 3.09. The number of nitrogen functional groups attached to an aromatic ring is 1. The third-order valence-corrected chi connectivity index (χ3v) is 4.52. The molecule has 21 heavy (non-hydrogen) atoms. The van der Waals surface area contributed by atoms with Gasteiger partial charge in [0.05, 0.1) is 22.3 Å². The van der Waals surface area contributed by atoms with Gasteiger partial charge < -0.3 is 11.1 Å². The van der Waals surface area contributed by atoms with Gasteiger partial charge in [-0.25, -0.2) is 0 Å². The lowest BCUT2D eigenvalue weighted by atomic mass is 10.2. The Bertz CT molecular complexity index is 533. The number of rotatable bonds is 6. The van der Waals surface area contributed by atoms with E-state index in [4.69, 9.17) is 28.9 Å². The molecule has 6 heteroatoms. The second-order valence-electron chi connectivity index (χ2n) is 6.01. The molecule has 0 saturated heterocycles. The third kappa shape index (κ3) is 4.02. The molecule has 0 bridgehead atoms. The number of nitrogens with zero attached hydrogens (tertiary/aromatic N) is 1. The molecular formula is C15H19Cl2N3O. The molecule has 2 saturated carbocycles. The molecule has 2 aliphatic carbocycles. The predicted octanol–water partition coefficient (Wildman–Crippen LogP) is 3.39. The Morgan fingerprint density at radius 3 is 2.38 bits per heavy atom. The van der Waals surface area contributed by atoms with Gasteiger partial charge in [0, 0.05) is 18.3 Å². The summed E-state index contributed by atoms with van der Waals surface area (Å²) in [6, 6.07) is 3.76. The molecule has 0 aromatic heterocycles. The van der Waals surface area contributed by atoms with Crippen molar-refractivity contribution in [3.05, 3.63) is 22.2 Å². The Morgan fingerprint density at radius 1 is 1.24 bits per heavy atom. The SMILES string of the molecule is Nc1cc(Cl)c(NC(=O)CN(CC2CC2)C2CC2)c(Cl)c1. The predicted molar refractivity (Wildman–Crippen MR) is 86.8 cm³/mol. The van der Waals surface area contributed by atoms with Gasteiger partial charge >= 0.3 is 0 Å². The normalized spacial score (nSPS) is 18.0. The van der Waals surface area contributed by atoms with Crippen LogP contribution >= 0.6 is 23.2 Å². The standard InChI is InChI=1S/C15H19Cl2N3O/c16-12-5-10(18)6-13(17)15(12)19-14(21)8-20(11-3-4-11)7-9-1-2-9/h5-6,9,11H,1-4,7-8,18H2,(H,19,21). The Kier molecular flexibility index (Phi) is 4.29. The molecule has 0 unspecified atom stereocenters. The molecule has 3 rings (SSSR count). The summed E-state index contributed by atoms with van der Waals surface area (Å²) in [4.78, 5) is 14.5. The van der Waals surface area contributed by atoms with Crippen molar-refractivity contribution < 1.29 is 4.79 Å². The molecule has 0 spiro atoms. The van der Waals surface area contributed by atoms with Gasteiger partial charge in [0.2, 0.25) is 5.91 Å². The van der Waals surface area contributed by atoms with Crippen LogP contribution in [0.4, 0.5) is 11.4 Å². The van der Waals surface area contributed by atoms with Gasteiger partial charge in [-0.2, -0.15) is 0 Å². The molecule has 4 nitrogen and oxygen atoms in total. The van der Waals surface area contributed by atoms with Gasteiger partial charge in [-0.3, -0.25) is 9.69 Å². The molecule has 0 atom stereocenters. The zero-order chi connectivity index (χ0) is 15.0. The Balaban J connectivity index is 1.62. The molecule has 1 aromatic rings. The van der Waals surface area contributed by atoms with E-state index in [-0.39, 0.29) is 5.91 Å². The highest BCUT2D eigenvalue weighted by Crippen LogP contribution is 2.35. The summed E-state index contributed by atoms with van der Waals surface area (Å²) >= 11 is 12.2.